The topological polar surface area (TPSA) is 62.1 Å². The highest BCUT2D eigenvalue weighted by Gasteiger charge is 2.16. The molecule has 3 rings (SSSR count). The molecule has 0 fully saturated rings. The molecule has 0 saturated heterocycles. The van der Waals surface area contributed by atoms with E-state index in [-0.39, 0.29) is 12.2 Å². The average Bonchev–Trinajstić information content (AvgIpc) is 2.70. The van der Waals surface area contributed by atoms with E-state index in [2.05, 4.69) is 11.4 Å². The number of nitrogens with zero attached hydrogens (tertiary/aromatic N) is 1. The first-order valence-electron chi connectivity index (χ1n) is 8.46. The fraction of sp³-hybridized carbons (Fsp3) is 0.0909. The standard InChI is InChI=1S/C22H16F2N2O2/c1-14-10-17(28-13-16-5-2-4-15(11-16)12-25)8-9-20(14)26-22(27)18-6-3-7-19(23)21(18)24/h2-11H,13H2,1H3,(H,26,27). The summed E-state index contributed by atoms with van der Waals surface area (Å²) in [4.78, 5) is 12.2. The largest absolute Gasteiger partial charge is 0.489 e. The first-order chi connectivity index (χ1) is 13.5. The van der Waals surface area contributed by atoms with Crippen molar-refractivity contribution in [3.8, 4) is 11.8 Å². The Hall–Kier alpha value is -3.72. The number of carbonyl (C=O) groups excluding carboxylic acids is 1. The quantitative estimate of drug-likeness (QED) is 0.681. The number of anilines is 1. The van der Waals surface area contributed by atoms with Crippen LogP contribution in [0.1, 0.15) is 27.0 Å². The minimum Gasteiger partial charge on any atom is -0.489 e. The zero-order chi connectivity index (χ0) is 20.1. The first-order valence-corrected chi connectivity index (χ1v) is 8.46. The van der Waals surface area contributed by atoms with Gasteiger partial charge in [-0.1, -0.05) is 18.2 Å². The van der Waals surface area contributed by atoms with Crippen molar-refractivity contribution in [3.05, 3.63) is 94.6 Å². The lowest BCUT2D eigenvalue weighted by Gasteiger charge is -2.12. The SMILES string of the molecule is Cc1cc(OCc2cccc(C#N)c2)ccc1NC(=O)c1cccc(F)c1F. The number of nitriles is 1. The predicted octanol–water partition coefficient (Wildman–Crippen LogP) is 4.98. The van der Waals surface area contributed by atoms with E-state index in [1.807, 2.05) is 6.07 Å². The summed E-state index contributed by atoms with van der Waals surface area (Å²) in [7, 11) is 0. The Labute approximate surface area is 161 Å². The van der Waals surface area contributed by atoms with Crippen LogP contribution in [-0.4, -0.2) is 5.91 Å². The highest BCUT2D eigenvalue weighted by Crippen LogP contribution is 2.23. The van der Waals surface area contributed by atoms with Gasteiger partial charge in [0, 0.05) is 5.69 Å². The third-order valence-electron chi connectivity index (χ3n) is 4.10. The normalized spacial score (nSPS) is 10.2. The smallest absolute Gasteiger partial charge is 0.258 e. The zero-order valence-corrected chi connectivity index (χ0v) is 15.0. The van der Waals surface area contributed by atoms with Gasteiger partial charge in [0.25, 0.3) is 5.91 Å². The molecular weight excluding hydrogens is 362 g/mol. The van der Waals surface area contributed by atoms with E-state index >= 15 is 0 Å². The number of amides is 1. The molecule has 1 N–H and O–H groups in total. The number of benzene rings is 3. The van der Waals surface area contributed by atoms with Crippen molar-refractivity contribution in [2.24, 2.45) is 0 Å². The monoisotopic (exact) mass is 378 g/mol. The molecule has 0 aromatic heterocycles. The maximum Gasteiger partial charge on any atom is 0.258 e. The third kappa shape index (κ3) is 4.33. The molecule has 0 spiro atoms. The molecule has 3 aromatic carbocycles. The van der Waals surface area contributed by atoms with Gasteiger partial charge in [-0.25, -0.2) is 8.78 Å². The van der Waals surface area contributed by atoms with E-state index in [1.54, 1.807) is 43.3 Å². The molecule has 3 aromatic rings. The average molecular weight is 378 g/mol. The number of ether oxygens (including phenoxy) is 1. The van der Waals surface area contributed by atoms with Gasteiger partial charge < -0.3 is 10.1 Å². The van der Waals surface area contributed by atoms with Crippen molar-refractivity contribution in [2.45, 2.75) is 13.5 Å². The number of halogens is 2. The molecule has 0 bridgehead atoms. The molecule has 0 aliphatic heterocycles. The van der Waals surface area contributed by atoms with Crippen LogP contribution in [-0.2, 0) is 6.61 Å². The van der Waals surface area contributed by atoms with E-state index in [1.165, 1.54) is 12.1 Å². The van der Waals surface area contributed by atoms with E-state index < -0.39 is 17.5 Å². The Morgan fingerprint density at radius 1 is 1.11 bits per heavy atom. The minimum atomic E-state index is -1.18. The van der Waals surface area contributed by atoms with Gasteiger partial charge in [0.05, 0.1) is 17.2 Å². The molecule has 0 unspecified atom stereocenters. The van der Waals surface area contributed by atoms with Crippen LogP contribution in [0, 0.1) is 29.9 Å². The fourth-order valence-electron chi connectivity index (χ4n) is 2.63. The highest BCUT2D eigenvalue weighted by molar-refractivity contribution is 6.04. The van der Waals surface area contributed by atoms with Crippen molar-refractivity contribution in [2.75, 3.05) is 5.32 Å². The van der Waals surface area contributed by atoms with Gasteiger partial charge in [-0.15, -0.1) is 0 Å². The molecule has 0 radical (unpaired) electrons. The number of rotatable bonds is 5. The molecule has 28 heavy (non-hydrogen) atoms. The van der Waals surface area contributed by atoms with Crippen molar-refractivity contribution in [1.29, 1.82) is 5.26 Å². The van der Waals surface area contributed by atoms with Crippen LogP contribution < -0.4 is 10.1 Å². The van der Waals surface area contributed by atoms with Crippen LogP contribution in [0.4, 0.5) is 14.5 Å². The zero-order valence-electron chi connectivity index (χ0n) is 15.0. The van der Waals surface area contributed by atoms with Crippen molar-refractivity contribution in [3.63, 3.8) is 0 Å². The summed E-state index contributed by atoms with van der Waals surface area (Å²) >= 11 is 0. The van der Waals surface area contributed by atoms with Crippen LogP contribution in [0.3, 0.4) is 0 Å². The van der Waals surface area contributed by atoms with Gasteiger partial charge in [0.15, 0.2) is 11.6 Å². The van der Waals surface area contributed by atoms with E-state index in [0.29, 0.717) is 22.6 Å². The number of hydrogen-bond donors (Lipinski definition) is 1. The summed E-state index contributed by atoms with van der Waals surface area (Å²) in [6.07, 6.45) is 0. The molecule has 0 heterocycles. The second-order valence-corrected chi connectivity index (χ2v) is 6.13. The highest BCUT2D eigenvalue weighted by atomic mass is 19.2. The molecule has 140 valence electrons. The molecule has 0 saturated carbocycles. The minimum absolute atomic E-state index is 0.287. The van der Waals surface area contributed by atoms with E-state index in [4.69, 9.17) is 10.00 Å². The Balaban J connectivity index is 1.69. The molecule has 6 heteroatoms. The van der Waals surface area contributed by atoms with Gasteiger partial charge >= 0.3 is 0 Å². The molecule has 4 nitrogen and oxygen atoms in total. The van der Waals surface area contributed by atoms with Gasteiger partial charge in [0.2, 0.25) is 0 Å². The van der Waals surface area contributed by atoms with E-state index in [0.717, 1.165) is 11.6 Å². The Kier molecular flexibility index (Phi) is 5.66. The number of nitrogens with one attached hydrogen (secondary N) is 1. The van der Waals surface area contributed by atoms with Crippen LogP contribution in [0.15, 0.2) is 60.7 Å². The molecule has 0 atom stereocenters. The summed E-state index contributed by atoms with van der Waals surface area (Å²) in [5, 5.41) is 11.5. The molecule has 0 aliphatic carbocycles. The number of hydrogen-bond acceptors (Lipinski definition) is 3. The number of carbonyl (C=O) groups is 1. The lowest BCUT2D eigenvalue weighted by atomic mass is 10.1. The summed E-state index contributed by atoms with van der Waals surface area (Å²) in [5.74, 6) is -2.41. The predicted molar refractivity (Wildman–Crippen MR) is 101 cm³/mol. The Morgan fingerprint density at radius 3 is 2.64 bits per heavy atom. The summed E-state index contributed by atoms with van der Waals surface area (Å²) in [5.41, 5.74) is 2.22. The second-order valence-electron chi connectivity index (χ2n) is 6.13. The molecular formula is C22H16F2N2O2. The fourth-order valence-corrected chi connectivity index (χ4v) is 2.63. The van der Waals surface area contributed by atoms with Crippen LogP contribution in [0.2, 0.25) is 0 Å². The van der Waals surface area contributed by atoms with Gasteiger partial charge in [-0.3, -0.25) is 4.79 Å². The van der Waals surface area contributed by atoms with Gasteiger partial charge in [-0.05, 0) is 60.5 Å². The van der Waals surface area contributed by atoms with Crippen LogP contribution >= 0.6 is 0 Å². The van der Waals surface area contributed by atoms with Crippen LogP contribution in [0.25, 0.3) is 0 Å². The van der Waals surface area contributed by atoms with Crippen molar-refractivity contribution in [1.82, 2.24) is 0 Å². The van der Waals surface area contributed by atoms with E-state index in [9.17, 15) is 13.6 Å². The maximum atomic E-state index is 13.8. The maximum absolute atomic E-state index is 13.8. The number of aryl methyl sites for hydroxylation is 1. The van der Waals surface area contributed by atoms with Crippen LogP contribution in [0.5, 0.6) is 5.75 Å². The van der Waals surface area contributed by atoms with Gasteiger partial charge in [-0.2, -0.15) is 5.26 Å². The third-order valence-corrected chi connectivity index (χ3v) is 4.10. The molecule has 0 aliphatic rings. The first kappa shape index (κ1) is 19.1. The Bertz CT molecular complexity index is 1070. The summed E-state index contributed by atoms with van der Waals surface area (Å²) in [6, 6.07) is 17.6. The van der Waals surface area contributed by atoms with Gasteiger partial charge in [0.1, 0.15) is 12.4 Å². The molecule has 1 amide bonds. The lowest BCUT2D eigenvalue weighted by Crippen LogP contribution is -2.15. The second kappa shape index (κ2) is 8.31. The summed E-state index contributed by atoms with van der Waals surface area (Å²) in [6.45, 7) is 2.05. The summed E-state index contributed by atoms with van der Waals surface area (Å²) < 4.78 is 32.8. The lowest BCUT2D eigenvalue weighted by molar-refractivity contribution is 0.102. The Morgan fingerprint density at radius 2 is 1.89 bits per heavy atom. The van der Waals surface area contributed by atoms with Crippen molar-refractivity contribution < 1.29 is 18.3 Å². The van der Waals surface area contributed by atoms with Crippen molar-refractivity contribution >= 4 is 11.6 Å².